The highest BCUT2D eigenvalue weighted by Crippen LogP contribution is 2.32. The van der Waals surface area contributed by atoms with E-state index in [-0.39, 0.29) is 38.1 Å². The normalized spacial score (nSPS) is 18.8. The Morgan fingerprint density at radius 2 is 1.89 bits per heavy atom. The van der Waals surface area contributed by atoms with Crippen molar-refractivity contribution in [1.29, 1.82) is 0 Å². The van der Waals surface area contributed by atoms with Crippen molar-refractivity contribution in [3.63, 3.8) is 0 Å². The van der Waals surface area contributed by atoms with Crippen LogP contribution in [-0.2, 0) is 26.2 Å². The van der Waals surface area contributed by atoms with E-state index in [9.17, 15) is 22.8 Å². The molecule has 0 unspecified atom stereocenters. The Morgan fingerprint density at radius 3 is 2.66 bits per heavy atom. The van der Waals surface area contributed by atoms with Crippen molar-refractivity contribution in [3.8, 4) is 28.4 Å². The van der Waals surface area contributed by atoms with E-state index >= 15 is 0 Å². The van der Waals surface area contributed by atoms with Crippen LogP contribution < -0.4 is 29.6 Å². The van der Waals surface area contributed by atoms with E-state index in [1.54, 1.807) is 36.4 Å². The predicted octanol–water partition coefficient (Wildman–Crippen LogP) is 1.62. The Balaban J connectivity index is 1.49. The molecule has 0 radical (unpaired) electrons. The standard InChI is InChI=1S/C31H34N4O8S/c1-19-7-9-22-13-24(19)21-5-4-6-23(12-21)42-18-29(36)32-14-20-8-10-26(27(11-20)41-2)43-28-17-35(16-25(28)34-31(22)38)30(37)15-33-44(3,39)40/h4-13,25,28,33H,14-18H2,1-3H3,(H,32,36)(H,34,38)/t25-,28-/m0/s1. The second-order valence-electron chi connectivity index (χ2n) is 10.7. The fourth-order valence-electron chi connectivity index (χ4n) is 5.10. The van der Waals surface area contributed by atoms with E-state index in [2.05, 4.69) is 15.4 Å². The van der Waals surface area contributed by atoms with Crippen LogP contribution in [0.4, 0.5) is 0 Å². The number of likely N-dealkylation sites (tertiary alicyclic amines) is 1. The molecule has 13 heteroatoms. The largest absolute Gasteiger partial charge is 0.493 e. The van der Waals surface area contributed by atoms with Gasteiger partial charge in [0.05, 0.1) is 32.5 Å². The minimum absolute atomic E-state index is 0.0993. The first kappa shape index (κ1) is 30.8. The van der Waals surface area contributed by atoms with Gasteiger partial charge in [0.15, 0.2) is 18.1 Å². The maximum atomic E-state index is 13.6. The van der Waals surface area contributed by atoms with E-state index < -0.39 is 34.6 Å². The summed E-state index contributed by atoms with van der Waals surface area (Å²) in [4.78, 5) is 40.5. The predicted molar refractivity (Wildman–Crippen MR) is 162 cm³/mol. The molecule has 6 rings (SSSR count). The number of methoxy groups -OCH3 is 1. The number of amides is 3. The molecule has 12 nitrogen and oxygen atoms in total. The average Bonchev–Trinajstić information content (AvgIpc) is 3.39. The number of nitrogens with zero attached hydrogens (tertiary/aromatic N) is 1. The number of nitrogens with one attached hydrogen (secondary N) is 3. The molecule has 44 heavy (non-hydrogen) atoms. The molecule has 0 aliphatic carbocycles. The van der Waals surface area contributed by atoms with E-state index in [0.717, 1.165) is 28.5 Å². The van der Waals surface area contributed by atoms with Crippen LogP contribution in [0.3, 0.4) is 0 Å². The van der Waals surface area contributed by atoms with Crippen molar-refractivity contribution in [2.75, 3.05) is 39.6 Å². The van der Waals surface area contributed by atoms with Crippen LogP contribution in [0.25, 0.3) is 11.1 Å². The summed E-state index contributed by atoms with van der Waals surface area (Å²) in [5, 5.41) is 5.85. The fourth-order valence-corrected chi connectivity index (χ4v) is 5.49. The van der Waals surface area contributed by atoms with Gasteiger partial charge in [-0.2, -0.15) is 0 Å². The molecule has 1 fully saturated rings. The summed E-state index contributed by atoms with van der Waals surface area (Å²) >= 11 is 0. The van der Waals surface area contributed by atoms with Crippen molar-refractivity contribution in [2.24, 2.45) is 0 Å². The smallest absolute Gasteiger partial charge is 0.258 e. The zero-order chi connectivity index (χ0) is 31.4. The maximum absolute atomic E-state index is 13.6. The molecule has 1 saturated heterocycles. The maximum Gasteiger partial charge on any atom is 0.258 e. The van der Waals surface area contributed by atoms with Crippen LogP contribution in [0, 0.1) is 6.92 Å². The Hall–Kier alpha value is -4.62. The van der Waals surface area contributed by atoms with Crippen LogP contribution in [0.1, 0.15) is 21.5 Å². The SMILES string of the molecule is COc1cc2ccc1O[C@H]1CN(C(=O)CNS(C)(=O)=O)C[C@@H]1NC(=O)c1ccc(C)c(c1)-c1cccc(c1)OCC(=O)NC2. The lowest BCUT2D eigenvalue weighted by Gasteiger charge is -2.23. The zero-order valence-electron chi connectivity index (χ0n) is 24.6. The number of rotatable bonds is 4. The number of carbonyl (C=O) groups excluding carboxylic acids is 3. The third-order valence-electron chi connectivity index (χ3n) is 7.43. The van der Waals surface area contributed by atoms with Gasteiger partial charge in [-0.1, -0.05) is 24.3 Å². The molecule has 0 aromatic heterocycles. The molecular formula is C31H34N4O8S. The summed E-state index contributed by atoms with van der Waals surface area (Å²) in [6.07, 6.45) is 0.300. The Morgan fingerprint density at radius 1 is 1.07 bits per heavy atom. The quantitative estimate of drug-likeness (QED) is 0.397. The molecule has 3 amide bonds. The van der Waals surface area contributed by atoms with Crippen LogP contribution in [0.15, 0.2) is 60.7 Å². The first-order chi connectivity index (χ1) is 21.0. The van der Waals surface area contributed by atoms with Crippen molar-refractivity contribution < 1.29 is 37.0 Å². The van der Waals surface area contributed by atoms with Gasteiger partial charge in [0.25, 0.3) is 11.8 Å². The monoisotopic (exact) mass is 622 g/mol. The highest BCUT2D eigenvalue weighted by Gasteiger charge is 2.38. The molecule has 3 aliphatic heterocycles. The summed E-state index contributed by atoms with van der Waals surface area (Å²) in [7, 11) is -2.09. The number of aryl methyl sites for hydroxylation is 1. The van der Waals surface area contributed by atoms with Gasteiger partial charge in [-0.05, 0) is 65.6 Å². The van der Waals surface area contributed by atoms with Crippen molar-refractivity contribution >= 4 is 27.7 Å². The molecule has 0 spiro atoms. The highest BCUT2D eigenvalue weighted by molar-refractivity contribution is 7.88. The lowest BCUT2D eigenvalue weighted by Crippen LogP contribution is -2.45. The van der Waals surface area contributed by atoms with Gasteiger partial charge in [-0.15, -0.1) is 0 Å². The van der Waals surface area contributed by atoms with Gasteiger partial charge in [0, 0.05) is 18.7 Å². The highest BCUT2D eigenvalue weighted by atomic mass is 32.2. The Kier molecular flexibility index (Phi) is 9.06. The third-order valence-corrected chi connectivity index (χ3v) is 8.10. The number of benzene rings is 3. The Labute approximate surface area is 255 Å². The number of sulfonamides is 1. The second-order valence-corrected chi connectivity index (χ2v) is 12.6. The van der Waals surface area contributed by atoms with Gasteiger partial charge in [-0.25, -0.2) is 13.1 Å². The molecule has 232 valence electrons. The van der Waals surface area contributed by atoms with Crippen LogP contribution in [0.2, 0.25) is 0 Å². The average molecular weight is 623 g/mol. The lowest BCUT2D eigenvalue weighted by molar-refractivity contribution is -0.129. The minimum atomic E-state index is -3.58. The number of hydrogen-bond donors (Lipinski definition) is 3. The van der Waals surface area contributed by atoms with Crippen LogP contribution in [-0.4, -0.2) is 82.8 Å². The van der Waals surface area contributed by atoms with E-state index in [1.807, 2.05) is 31.2 Å². The van der Waals surface area contributed by atoms with Gasteiger partial charge in [0.1, 0.15) is 11.9 Å². The summed E-state index contributed by atoms with van der Waals surface area (Å²) in [6.45, 7) is 1.76. The van der Waals surface area contributed by atoms with E-state index in [1.165, 1.54) is 12.0 Å². The molecule has 3 heterocycles. The molecule has 2 atom stereocenters. The first-order valence-corrected chi connectivity index (χ1v) is 15.9. The number of carbonyl (C=O) groups is 3. The summed E-state index contributed by atoms with van der Waals surface area (Å²) in [6, 6.07) is 17.2. The van der Waals surface area contributed by atoms with E-state index in [4.69, 9.17) is 14.2 Å². The van der Waals surface area contributed by atoms with Crippen LogP contribution in [0.5, 0.6) is 17.2 Å². The second kappa shape index (κ2) is 12.9. The summed E-state index contributed by atoms with van der Waals surface area (Å²) < 4.78 is 43.0. The number of fused-ring (bicyclic) bond motifs is 7. The number of hydrogen-bond acceptors (Lipinski definition) is 8. The van der Waals surface area contributed by atoms with Crippen molar-refractivity contribution in [1.82, 2.24) is 20.3 Å². The molecule has 0 saturated carbocycles. The van der Waals surface area contributed by atoms with Gasteiger partial charge in [0.2, 0.25) is 15.9 Å². The molecule has 6 bridgehead atoms. The molecular weight excluding hydrogens is 588 g/mol. The fraction of sp³-hybridized carbons (Fsp3) is 0.323. The van der Waals surface area contributed by atoms with Crippen molar-refractivity contribution in [3.05, 3.63) is 77.4 Å². The molecule has 3 aromatic carbocycles. The van der Waals surface area contributed by atoms with Gasteiger partial charge < -0.3 is 29.7 Å². The molecule has 3 aromatic rings. The summed E-state index contributed by atoms with van der Waals surface area (Å²) in [5.41, 5.74) is 3.72. The molecule has 3 aliphatic rings. The van der Waals surface area contributed by atoms with Crippen molar-refractivity contribution in [2.45, 2.75) is 25.6 Å². The third kappa shape index (κ3) is 7.47. The number of ether oxygens (including phenoxy) is 3. The first-order valence-electron chi connectivity index (χ1n) is 14.0. The zero-order valence-corrected chi connectivity index (χ0v) is 25.4. The molecule has 3 N–H and O–H groups in total. The minimum Gasteiger partial charge on any atom is -0.493 e. The lowest BCUT2D eigenvalue weighted by atomic mass is 9.97. The van der Waals surface area contributed by atoms with Crippen LogP contribution >= 0.6 is 0 Å². The van der Waals surface area contributed by atoms with E-state index in [0.29, 0.717) is 22.8 Å². The van der Waals surface area contributed by atoms with Gasteiger partial charge >= 0.3 is 0 Å². The Bertz CT molecular complexity index is 1690. The summed E-state index contributed by atoms with van der Waals surface area (Å²) in [5.74, 6) is 0.162. The topological polar surface area (TPSA) is 152 Å². The van der Waals surface area contributed by atoms with Gasteiger partial charge in [-0.3, -0.25) is 14.4 Å².